The number of rotatable bonds is 3. The Morgan fingerprint density at radius 1 is 1.07 bits per heavy atom. The van der Waals surface area contributed by atoms with E-state index in [1.807, 2.05) is 36.4 Å². The van der Waals surface area contributed by atoms with Crippen molar-refractivity contribution in [2.24, 2.45) is 0 Å². The van der Waals surface area contributed by atoms with Gasteiger partial charge < -0.3 is 9.88 Å². The van der Waals surface area contributed by atoms with Crippen molar-refractivity contribution < 1.29 is 4.39 Å². The third kappa shape index (κ3) is 3.06. The number of para-hydroxylation sites is 1. The van der Waals surface area contributed by atoms with Gasteiger partial charge in [0.15, 0.2) is 0 Å². The Balaban J connectivity index is 1.57. The molecule has 3 heterocycles. The molecule has 2 aromatic rings. The van der Waals surface area contributed by atoms with Crippen LogP contribution in [0, 0.1) is 5.82 Å². The molecule has 0 radical (unpaired) electrons. The minimum Gasteiger partial charge on any atom is -0.367 e. The molecule has 5 rings (SSSR count). The number of nitrogens with zero attached hydrogens (tertiary/aromatic N) is 4. The zero-order valence-electron chi connectivity index (χ0n) is 17.1. The highest BCUT2D eigenvalue weighted by Crippen LogP contribution is 2.31. The highest BCUT2D eigenvalue weighted by molar-refractivity contribution is 5.95. The first-order chi connectivity index (χ1) is 14.5. The molecule has 3 aliphatic heterocycles. The van der Waals surface area contributed by atoms with Crippen LogP contribution < -0.4 is 10.5 Å². The summed E-state index contributed by atoms with van der Waals surface area (Å²) in [6.07, 6.45) is 1.67. The number of aromatic amines is 1. The summed E-state index contributed by atoms with van der Waals surface area (Å²) in [4.78, 5) is 20.5. The quantitative estimate of drug-likeness (QED) is 0.567. The molecule has 30 heavy (non-hydrogen) atoms. The van der Waals surface area contributed by atoms with E-state index in [1.165, 1.54) is 10.7 Å². The van der Waals surface area contributed by atoms with Crippen molar-refractivity contribution in [1.82, 2.24) is 19.7 Å². The number of nitrogens with one attached hydrogen (secondary N) is 1. The zero-order chi connectivity index (χ0) is 20.8. The Kier molecular flexibility index (Phi) is 4.55. The lowest BCUT2D eigenvalue weighted by atomic mass is 10.1. The molecular weight excluding hydrogens is 381 g/mol. The van der Waals surface area contributed by atoms with Crippen LogP contribution in [0.2, 0.25) is 0 Å². The lowest BCUT2D eigenvalue weighted by molar-refractivity contribution is 0.209. The van der Waals surface area contributed by atoms with E-state index in [0.29, 0.717) is 34.1 Å². The van der Waals surface area contributed by atoms with E-state index in [2.05, 4.69) is 33.7 Å². The molecule has 1 fully saturated rings. The molecule has 0 atom stereocenters. The second kappa shape index (κ2) is 7.25. The number of hydrogen-bond acceptors (Lipinski definition) is 4. The third-order valence-electron chi connectivity index (χ3n) is 5.98. The van der Waals surface area contributed by atoms with Crippen LogP contribution in [0.1, 0.15) is 13.8 Å². The first-order valence-corrected chi connectivity index (χ1v) is 10.3. The number of piperazine rings is 1. The van der Waals surface area contributed by atoms with Crippen molar-refractivity contribution in [1.29, 1.82) is 0 Å². The van der Waals surface area contributed by atoms with Crippen molar-refractivity contribution in [2.45, 2.75) is 19.9 Å². The van der Waals surface area contributed by atoms with Crippen molar-refractivity contribution in [2.75, 3.05) is 31.1 Å². The number of benzene rings is 2. The molecule has 7 heteroatoms. The van der Waals surface area contributed by atoms with Gasteiger partial charge in [0.05, 0.1) is 16.9 Å². The molecule has 3 aliphatic rings. The van der Waals surface area contributed by atoms with Gasteiger partial charge in [-0.25, -0.2) is 4.39 Å². The Hall–Kier alpha value is -3.19. The van der Waals surface area contributed by atoms with Crippen LogP contribution in [0.15, 0.2) is 53.5 Å². The van der Waals surface area contributed by atoms with E-state index in [-0.39, 0.29) is 11.4 Å². The standard InChI is InChI=1S/C23H24FN5O/c1-15(2)27-8-10-28(11-9-27)21-13-20-17(12-19(21)24)22-18(14-25-20)23(30)29(26-22)16-6-4-3-5-7-16/h3-7,12-15,25H,8-11H2,1-2H3. The van der Waals surface area contributed by atoms with E-state index in [1.54, 1.807) is 6.20 Å². The lowest BCUT2D eigenvalue weighted by Gasteiger charge is -2.38. The van der Waals surface area contributed by atoms with Gasteiger partial charge in [0, 0.05) is 49.3 Å². The highest BCUT2D eigenvalue weighted by Gasteiger charge is 2.24. The van der Waals surface area contributed by atoms with Gasteiger partial charge in [-0.1, -0.05) is 18.2 Å². The summed E-state index contributed by atoms with van der Waals surface area (Å²) in [5, 5.41) is 5.13. The Morgan fingerprint density at radius 2 is 1.80 bits per heavy atom. The average Bonchev–Trinajstić information content (AvgIpc) is 3.11. The molecule has 0 saturated carbocycles. The van der Waals surface area contributed by atoms with Gasteiger partial charge in [-0.05, 0) is 38.1 Å². The first kappa shape index (κ1) is 18.8. The average molecular weight is 405 g/mol. The number of fused-ring (bicyclic) bond motifs is 3. The van der Waals surface area contributed by atoms with Gasteiger partial charge in [0.1, 0.15) is 11.5 Å². The fraction of sp³-hybridized carbons (Fsp3) is 0.304. The second-order valence-corrected chi connectivity index (χ2v) is 8.07. The third-order valence-corrected chi connectivity index (χ3v) is 5.98. The number of hydrogen-bond donors (Lipinski definition) is 1. The van der Waals surface area contributed by atoms with Gasteiger partial charge in [-0.3, -0.25) is 9.69 Å². The molecule has 0 bridgehead atoms. The van der Waals surface area contributed by atoms with Crippen LogP contribution in [0.3, 0.4) is 0 Å². The maximum absolute atomic E-state index is 15.1. The Morgan fingerprint density at radius 3 is 2.50 bits per heavy atom. The fourth-order valence-corrected chi connectivity index (χ4v) is 4.24. The maximum atomic E-state index is 15.1. The molecule has 1 saturated heterocycles. The number of H-pyrrole nitrogens is 1. The summed E-state index contributed by atoms with van der Waals surface area (Å²) < 4.78 is 16.5. The zero-order valence-corrected chi connectivity index (χ0v) is 17.1. The molecule has 2 aromatic carbocycles. The second-order valence-electron chi connectivity index (χ2n) is 8.07. The SMILES string of the molecule is CC(C)N1CCN(c2cc3[nH]cc4c(=O)n(-c5ccccc5)nc-4c3cc2F)CC1. The topological polar surface area (TPSA) is 57.2 Å². The van der Waals surface area contributed by atoms with Gasteiger partial charge in [0.2, 0.25) is 0 Å². The van der Waals surface area contributed by atoms with Crippen LogP contribution in [0.4, 0.5) is 10.1 Å². The van der Waals surface area contributed by atoms with Crippen LogP contribution in [-0.4, -0.2) is 51.9 Å². The molecule has 1 N–H and O–H groups in total. The summed E-state index contributed by atoms with van der Waals surface area (Å²) in [6.45, 7) is 7.78. The maximum Gasteiger partial charge on any atom is 0.282 e. The van der Waals surface area contributed by atoms with Crippen molar-refractivity contribution in [3.63, 3.8) is 0 Å². The van der Waals surface area contributed by atoms with E-state index >= 15 is 4.39 Å². The molecule has 0 aromatic heterocycles. The lowest BCUT2D eigenvalue weighted by Crippen LogP contribution is -2.49. The molecule has 0 amide bonds. The van der Waals surface area contributed by atoms with E-state index in [0.717, 1.165) is 31.7 Å². The summed E-state index contributed by atoms with van der Waals surface area (Å²) in [7, 11) is 0. The summed E-state index contributed by atoms with van der Waals surface area (Å²) >= 11 is 0. The van der Waals surface area contributed by atoms with Crippen LogP contribution in [-0.2, 0) is 0 Å². The number of aromatic nitrogens is 3. The normalized spacial score (nSPS) is 15.5. The van der Waals surface area contributed by atoms with E-state index < -0.39 is 0 Å². The Labute approximate surface area is 173 Å². The van der Waals surface area contributed by atoms with Crippen molar-refractivity contribution in [3.8, 4) is 16.9 Å². The van der Waals surface area contributed by atoms with E-state index in [9.17, 15) is 4.79 Å². The van der Waals surface area contributed by atoms with Gasteiger partial charge in [0.25, 0.3) is 5.56 Å². The minimum atomic E-state index is -0.289. The predicted octanol–water partition coefficient (Wildman–Crippen LogP) is 3.49. The monoisotopic (exact) mass is 405 g/mol. The van der Waals surface area contributed by atoms with E-state index in [4.69, 9.17) is 0 Å². The molecule has 154 valence electrons. The fourth-order valence-electron chi connectivity index (χ4n) is 4.24. The molecule has 6 nitrogen and oxygen atoms in total. The Bertz CT molecular complexity index is 1220. The first-order valence-electron chi connectivity index (χ1n) is 10.3. The predicted molar refractivity (Wildman–Crippen MR) is 117 cm³/mol. The smallest absolute Gasteiger partial charge is 0.282 e. The summed E-state index contributed by atoms with van der Waals surface area (Å²) in [5.74, 6) is -0.289. The number of pyridine rings is 1. The van der Waals surface area contributed by atoms with Gasteiger partial charge in [-0.2, -0.15) is 9.78 Å². The van der Waals surface area contributed by atoms with Crippen LogP contribution in [0.5, 0.6) is 0 Å². The van der Waals surface area contributed by atoms with Crippen molar-refractivity contribution in [3.05, 3.63) is 64.8 Å². The summed E-state index contributed by atoms with van der Waals surface area (Å²) in [6, 6.07) is 13.1. The van der Waals surface area contributed by atoms with Crippen LogP contribution >= 0.6 is 0 Å². The molecule has 0 unspecified atom stereocenters. The highest BCUT2D eigenvalue weighted by atomic mass is 19.1. The van der Waals surface area contributed by atoms with Gasteiger partial charge in [-0.15, -0.1) is 0 Å². The minimum absolute atomic E-state index is 0.219. The largest absolute Gasteiger partial charge is 0.367 e. The molecular formula is C23H24FN5O. The molecule has 0 aliphatic carbocycles. The van der Waals surface area contributed by atoms with Gasteiger partial charge >= 0.3 is 0 Å². The number of anilines is 1. The summed E-state index contributed by atoms with van der Waals surface area (Å²) in [5.41, 5.74) is 2.78. The number of halogens is 1. The van der Waals surface area contributed by atoms with Crippen molar-refractivity contribution >= 4 is 16.6 Å². The molecule has 0 spiro atoms. The van der Waals surface area contributed by atoms with Crippen LogP contribution in [0.25, 0.3) is 27.8 Å².